The molecule has 0 aromatic heterocycles. The van der Waals surface area contributed by atoms with E-state index in [1.165, 1.54) is 0 Å². The third-order valence-corrected chi connectivity index (χ3v) is 1.93. The van der Waals surface area contributed by atoms with Crippen LogP contribution in [0.3, 0.4) is 0 Å². The Labute approximate surface area is 66.9 Å². The van der Waals surface area contributed by atoms with Gasteiger partial charge in [0, 0.05) is 19.4 Å². The van der Waals surface area contributed by atoms with Crippen molar-refractivity contribution in [3.8, 4) is 0 Å². The van der Waals surface area contributed by atoms with Gasteiger partial charge in [0.1, 0.15) is 6.10 Å². The van der Waals surface area contributed by atoms with Crippen molar-refractivity contribution < 1.29 is 20.1 Å². The summed E-state index contributed by atoms with van der Waals surface area (Å²) >= 11 is 0. The molecule has 0 radical (unpaired) electrons. The lowest BCUT2D eigenvalue weighted by atomic mass is 10.2. The van der Waals surface area contributed by atoms with E-state index in [0.717, 1.165) is 0 Å². The second-order valence-electron chi connectivity index (χ2n) is 2.88. The van der Waals surface area contributed by atoms with Crippen LogP contribution >= 0.6 is 0 Å². The first-order chi connectivity index (χ1) is 5.62. The van der Waals surface area contributed by atoms with Crippen LogP contribution in [0.25, 0.3) is 0 Å². The Morgan fingerprint density at radius 3 is 3.00 bits per heavy atom. The predicted molar refractivity (Wildman–Crippen MR) is 37.8 cm³/mol. The molecule has 0 amide bonds. The first kappa shape index (κ1) is 7.49. The molecule has 66 valence electrons. The Kier molecular flexibility index (Phi) is 2.09. The van der Waals surface area contributed by atoms with Crippen molar-refractivity contribution in [2.75, 3.05) is 6.61 Å². The van der Waals surface area contributed by atoms with Crippen LogP contribution in [-0.2, 0) is 4.74 Å². The molecule has 4 nitrogen and oxygen atoms in total. The first-order valence-electron chi connectivity index (χ1n) is 4.19. The lowest BCUT2D eigenvalue weighted by Gasteiger charge is -2.18. The van der Waals surface area contributed by atoms with E-state index in [-0.39, 0.29) is 12.5 Å². The molecule has 1 aliphatic rings. The highest BCUT2D eigenvalue weighted by atomic mass is 16.5. The number of aliphatic hydroxyl groups is 3. The van der Waals surface area contributed by atoms with Gasteiger partial charge in [0.25, 0.3) is 0 Å². The molecule has 4 heteroatoms. The molecule has 1 rings (SSSR count). The highest BCUT2D eigenvalue weighted by molar-refractivity contribution is 4.89. The summed E-state index contributed by atoms with van der Waals surface area (Å²) in [5.74, 6) is -1.74. The van der Waals surface area contributed by atoms with Crippen molar-refractivity contribution in [2.24, 2.45) is 0 Å². The van der Waals surface area contributed by atoms with Crippen LogP contribution in [0.15, 0.2) is 0 Å². The summed E-state index contributed by atoms with van der Waals surface area (Å²) in [6, 6.07) is 0. The van der Waals surface area contributed by atoms with Crippen molar-refractivity contribution in [2.45, 2.75) is 37.8 Å². The first-order valence-corrected chi connectivity index (χ1v) is 3.78. The van der Waals surface area contributed by atoms with Gasteiger partial charge in [0.2, 0.25) is 1.43 Å². The van der Waals surface area contributed by atoms with E-state index in [0.29, 0.717) is 13.0 Å². The topological polar surface area (TPSA) is 69.9 Å². The molecule has 0 saturated heterocycles. The maximum Gasteiger partial charge on any atom is 0.214 e. The van der Waals surface area contributed by atoms with Crippen molar-refractivity contribution in [3.63, 3.8) is 0 Å². The maximum absolute atomic E-state index is 9.43. The Bertz CT molecular complexity index is 154. The van der Waals surface area contributed by atoms with Crippen LogP contribution < -0.4 is 0 Å². The molecule has 1 fully saturated rings. The van der Waals surface area contributed by atoms with Gasteiger partial charge in [-0.2, -0.15) is 0 Å². The number of rotatable bonds is 3. The summed E-state index contributed by atoms with van der Waals surface area (Å²) in [7, 11) is 0. The van der Waals surface area contributed by atoms with E-state index < -0.39 is 11.9 Å². The Hall–Kier alpha value is -0.160. The van der Waals surface area contributed by atoms with E-state index in [1.54, 1.807) is 0 Å². The molecule has 1 saturated carbocycles. The van der Waals surface area contributed by atoms with Crippen molar-refractivity contribution in [1.29, 1.82) is 1.43 Å². The molecule has 3 unspecified atom stereocenters. The normalized spacial score (nSPS) is 45.9. The fourth-order valence-electron chi connectivity index (χ4n) is 1.34. The number of hydrogen-bond donors (Lipinski definition) is 3. The standard InChI is InChI=1S/C7H14O4/c1-2-11-5-3-6(8)7(9,10)4-5/h5-6,8-10H,2-4H2,1H3/i9D. The molecule has 0 spiro atoms. The molecule has 3 N–H and O–H groups in total. The van der Waals surface area contributed by atoms with Crippen LogP contribution in [0.1, 0.15) is 19.8 Å². The summed E-state index contributed by atoms with van der Waals surface area (Å²) < 4.78 is 11.8. The van der Waals surface area contributed by atoms with Gasteiger partial charge >= 0.3 is 0 Å². The van der Waals surface area contributed by atoms with Gasteiger partial charge in [-0.05, 0) is 6.92 Å². The zero-order valence-corrected chi connectivity index (χ0v) is 6.49. The number of aliphatic hydroxyl groups excluding tert-OH is 1. The smallest absolute Gasteiger partial charge is 0.214 e. The quantitative estimate of drug-likeness (QED) is 0.478. The van der Waals surface area contributed by atoms with Crippen LogP contribution in [0.2, 0.25) is 0 Å². The van der Waals surface area contributed by atoms with Gasteiger partial charge in [-0.25, -0.2) is 0 Å². The van der Waals surface area contributed by atoms with Crippen LogP contribution in [0, 0.1) is 0 Å². The van der Waals surface area contributed by atoms with Crippen LogP contribution in [-0.4, -0.2) is 41.4 Å². The van der Waals surface area contributed by atoms with Crippen LogP contribution in [0.4, 0.5) is 0 Å². The molecule has 0 bridgehead atoms. The van der Waals surface area contributed by atoms with Gasteiger partial charge in [0.15, 0.2) is 5.79 Å². The molecule has 1 aliphatic carbocycles. The SMILES string of the molecule is [2H]OC1(O)CC(OCC)CC1O. The molecule has 0 aliphatic heterocycles. The third-order valence-electron chi connectivity index (χ3n) is 1.93. The largest absolute Gasteiger partial charge is 0.387 e. The minimum atomic E-state index is -1.74. The fraction of sp³-hybridized carbons (Fsp3) is 1.00. The minimum Gasteiger partial charge on any atom is -0.387 e. The number of ether oxygens (including phenoxy) is 1. The minimum absolute atomic E-state index is 0.158. The monoisotopic (exact) mass is 163 g/mol. The highest BCUT2D eigenvalue weighted by Crippen LogP contribution is 2.29. The van der Waals surface area contributed by atoms with Crippen LogP contribution in [0.5, 0.6) is 0 Å². The molecule has 11 heavy (non-hydrogen) atoms. The Morgan fingerprint density at radius 1 is 1.82 bits per heavy atom. The summed E-state index contributed by atoms with van der Waals surface area (Å²) in [6.07, 6.45) is -0.749. The second kappa shape index (κ2) is 3.06. The summed E-state index contributed by atoms with van der Waals surface area (Å²) in [6.45, 7) is 2.37. The lowest BCUT2D eigenvalue weighted by Crippen LogP contribution is -2.36. The van der Waals surface area contributed by atoms with Gasteiger partial charge in [0.05, 0.1) is 6.10 Å². The average molecular weight is 163 g/mol. The molecule has 0 aromatic rings. The average Bonchev–Trinajstić information content (AvgIpc) is 2.30. The van der Waals surface area contributed by atoms with Crippen molar-refractivity contribution >= 4 is 0 Å². The second-order valence-corrected chi connectivity index (χ2v) is 2.88. The van der Waals surface area contributed by atoms with Gasteiger partial charge in [-0.3, -0.25) is 0 Å². The lowest BCUT2D eigenvalue weighted by molar-refractivity contribution is -0.210. The predicted octanol–water partition coefficient (Wildman–Crippen LogP) is -0.773. The van der Waals surface area contributed by atoms with E-state index >= 15 is 0 Å². The van der Waals surface area contributed by atoms with E-state index in [4.69, 9.17) is 6.17 Å². The number of hydrogen-bond acceptors (Lipinski definition) is 4. The van der Waals surface area contributed by atoms with Crippen molar-refractivity contribution in [3.05, 3.63) is 0 Å². The van der Waals surface area contributed by atoms with E-state index in [9.17, 15) is 10.2 Å². The molecular formula is C7H14O4. The fourth-order valence-corrected chi connectivity index (χ4v) is 1.34. The molecular weight excluding hydrogens is 148 g/mol. The molecule has 0 aromatic carbocycles. The zero-order valence-electron chi connectivity index (χ0n) is 7.49. The summed E-state index contributed by atoms with van der Waals surface area (Å²) in [5.41, 5.74) is 0. The van der Waals surface area contributed by atoms with Gasteiger partial charge in [-0.1, -0.05) is 0 Å². The third kappa shape index (κ3) is 1.90. The maximum atomic E-state index is 9.43. The van der Waals surface area contributed by atoms with Gasteiger partial charge in [-0.15, -0.1) is 0 Å². The Balaban J connectivity index is 2.49. The van der Waals surface area contributed by atoms with E-state index in [2.05, 4.69) is 5.11 Å². The molecule has 3 atom stereocenters. The Morgan fingerprint density at radius 2 is 2.55 bits per heavy atom. The molecule has 0 heterocycles. The zero-order chi connectivity index (χ0) is 9.19. The summed E-state index contributed by atoms with van der Waals surface area (Å²) in [4.78, 5) is 0. The highest BCUT2D eigenvalue weighted by Gasteiger charge is 2.44. The van der Waals surface area contributed by atoms with Gasteiger partial charge < -0.3 is 20.1 Å². The van der Waals surface area contributed by atoms with E-state index in [1.807, 2.05) is 6.92 Å². The summed E-state index contributed by atoms with van der Waals surface area (Å²) in [5, 5.41) is 22.8. The van der Waals surface area contributed by atoms with Crippen molar-refractivity contribution in [1.82, 2.24) is 0 Å².